The fraction of sp³-hybridized carbons (Fsp3) is 0.381. The lowest BCUT2D eigenvalue weighted by atomic mass is 10.0. The van der Waals surface area contributed by atoms with Gasteiger partial charge in [-0.25, -0.2) is 0 Å². The van der Waals surface area contributed by atoms with Crippen molar-refractivity contribution >= 4 is 17.8 Å². The van der Waals surface area contributed by atoms with Gasteiger partial charge in [0.05, 0.1) is 5.75 Å². The Balaban J connectivity index is 1.26. The standard InChI is InChI=1S/C21H25N5OS/c1-25(15-17-5-3-2-4-6-17)18-9-13-26(14-10-18)21-24-23-20(27-21)16-28-19-7-11-22-12-8-19/h2-8,11-12,18H,9-10,13-16H2,1H3. The smallest absolute Gasteiger partial charge is 0.318 e. The number of nitrogens with zero attached hydrogens (tertiary/aromatic N) is 5. The van der Waals surface area contributed by atoms with E-state index in [0.29, 0.717) is 23.7 Å². The summed E-state index contributed by atoms with van der Waals surface area (Å²) in [5, 5.41) is 8.47. The van der Waals surface area contributed by atoms with Gasteiger partial charge in [-0.15, -0.1) is 16.9 Å². The number of hydrogen-bond acceptors (Lipinski definition) is 7. The zero-order valence-corrected chi connectivity index (χ0v) is 16.9. The van der Waals surface area contributed by atoms with Crippen molar-refractivity contribution in [3.63, 3.8) is 0 Å². The molecule has 0 atom stereocenters. The van der Waals surface area contributed by atoms with Crippen LogP contribution in [0.25, 0.3) is 0 Å². The number of pyridine rings is 1. The summed E-state index contributed by atoms with van der Waals surface area (Å²) in [5.41, 5.74) is 1.36. The van der Waals surface area contributed by atoms with Crippen LogP contribution in [0.1, 0.15) is 24.3 Å². The van der Waals surface area contributed by atoms with Gasteiger partial charge in [-0.3, -0.25) is 9.88 Å². The van der Waals surface area contributed by atoms with Gasteiger partial charge in [0.2, 0.25) is 5.89 Å². The Hall–Kier alpha value is -2.38. The van der Waals surface area contributed by atoms with Crippen LogP contribution in [0.4, 0.5) is 6.01 Å². The van der Waals surface area contributed by atoms with E-state index in [-0.39, 0.29) is 0 Å². The number of hydrogen-bond donors (Lipinski definition) is 0. The largest absolute Gasteiger partial charge is 0.407 e. The third-order valence-electron chi connectivity index (χ3n) is 5.10. The maximum Gasteiger partial charge on any atom is 0.318 e. The van der Waals surface area contributed by atoms with E-state index in [1.54, 1.807) is 24.2 Å². The highest BCUT2D eigenvalue weighted by atomic mass is 32.2. The molecule has 4 rings (SSSR count). The van der Waals surface area contributed by atoms with E-state index >= 15 is 0 Å². The Labute approximate surface area is 170 Å². The van der Waals surface area contributed by atoms with Crippen molar-refractivity contribution < 1.29 is 4.42 Å². The van der Waals surface area contributed by atoms with Gasteiger partial charge in [0, 0.05) is 43.0 Å². The molecule has 28 heavy (non-hydrogen) atoms. The van der Waals surface area contributed by atoms with Crippen LogP contribution in [-0.4, -0.2) is 46.3 Å². The molecule has 0 N–H and O–H groups in total. The number of rotatable bonds is 7. The number of anilines is 1. The van der Waals surface area contributed by atoms with Crippen molar-refractivity contribution in [2.24, 2.45) is 0 Å². The lowest BCUT2D eigenvalue weighted by Gasteiger charge is -2.36. The quantitative estimate of drug-likeness (QED) is 0.563. The minimum atomic E-state index is 0.584. The Morgan fingerprint density at radius 1 is 1.07 bits per heavy atom. The highest BCUT2D eigenvalue weighted by Gasteiger charge is 2.25. The molecule has 6 nitrogen and oxygen atoms in total. The summed E-state index contributed by atoms with van der Waals surface area (Å²) >= 11 is 1.68. The molecule has 0 amide bonds. The molecule has 0 spiro atoms. The van der Waals surface area contributed by atoms with Gasteiger partial charge in [-0.2, -0.15) is 0 Å². The lowest BCUT2D eigenvalue weighted by molar-refractivity contribution is 0.198. The van der Waals surface area contributed by atoms with Crippen LogP contribution in [0.15, 0.2) is 64.2 Å². The van der Waals surface area contributed by atoms with E-state index in [1.165, 1.54) is 5.56 Å². The predicted octanol–water partition coefficient (Wildman–Crippen LogP) is 3.86. The molecular formula is C21H25N5OS. The monoisotopic (exact) mass is 395 g/mol. The second-order valence-electron chi connectivity index (χ2n) is 7.07. The third-order valence-corrected chi connectivity index (χ3v) is 6.10. The van der Waals surface area contributed by atoms with Crippen molar-refractivity contribution in [1.29, 1.82) is 0 Å². The summed E-state index contributed by atoms with van der Waals surface area (Å²) in [6.07, 6.45) is 5.79. The van der Waals surface area contributed by atoms with E-state index in [1.807, 2.05) is 12.1 Å². The van der Waals surface area contributed by atoms with E-state index in [4.69, 9.17) is 4.42 Å². The second kappa shape index (κ2) is 9.21. The predicted molar refractivity (Wildman–Crippen MR) is 111 cm³/mol. The van der Waals surface area contributed by atoms with Crippen LogP contribution in [0.5, 0.6) is 0 Å². The van der Waals surface area contributed by atoms with Gasteiger partial charge in [0.25, 0.3) is 0 Å². The molecular weight excluding hydrogens is 370 g/mol. The summed E-state index contributed by atoms with van der Waals surface area (Å²) in [4.78, 5) is 9.85. The van der Waals surface area contributed by atoms with E-state index < -0.39 is 0 Å². The Morgan fingerprint density at radius 2 is 1.82 bits per heavy atom. The summed E-state index contributed by atoms with van der Waals surface area (Å²) in [7, 11) is 2.22. The average molecular weight is 396 g/mol. The van der Waals surface area contributed by atoms with Crippen molar-refractivity contribution in [1.82, 2.24) is 20.1 Å². The third kappa shape index (κ3) is 4.91. The zero-order chi connectivity index (χ0) is 19.2. The molecule has 0 saturated carbocycles. The molecule has 1 aliphatic rings. The summed E-state index contributed by atoms with van der Waals surface area (Å²) < 4.78 is 5.89. The van der Waals surface area contributed by atoms with Crippen molar-refractivity contribution in [2.75, 3.05) is 25.0 Å². The first-order valence-corrected chi connectivity index (χ1v) is 10.6. The van der Waals surface area contributed by atoms with Crippen molar-refractivity contribution in [2.45, 2.75) is 36.1 Å². The van der Waals surface area contributed by atoms with Gasteiger partial charge in [0.15, 0.2) is 0 Å². The molecule has 0 bridgehead atoms. The zero-order valence-electron chi connectivity index (χ0n) is 16.1. The molecule has 1 aromatic carbocycles. The first-order chi connectivity index (χ1) is 13.8. The van der Waals surface area contributed by atoms with Crippen LogP contribution in [0, 0.1) is 0 Å². The van der Waals surface area contributed by atoms with E-state index in [9.17, 15) is 0 Å². The minimum Gasteiger partial charge on any atom is -0.407 e. The highest BCUT2D eigenvalue weighted by molar-refractivity contribution is 7.98. The Morgan fingerprint density at radius 3 is 2.57 bits per heavy atom. The van der Waals surface area contributed by atoms with Crippen LogP contribution < -0.4 is 4.90 Å². The summed E-state index contributed by atoms with van der Waals surface area (Å²) in [6, 6.07) is 15.9. The molecule has 0 radical (unpaired) electrons. The lowest BCUT2D eigenvalue weighted by Crippen LogP contribution is -2.43. The number of thioether (sulfide) groups is 1. The Kier molecular flexibility index (Phi) is 6.24. The Bertz CT molecular complexity index is 850. The fourth-order valence-electron chi connectivity index (χ4n) is 3.51. The van der Waals surface area contributed by atoms with E-state index in [2.05, 4.69) is 62.4 Å². The molecule has 3 heterocycles. The van der Waals surface area contributed by atoms with Crippen LogP contribution in [0.2, 0.25) is 0 Å². The van der Waals surface area contributed by atoms with Gasteiger partial charge in [-0.1, -0.05) is 35.4 Å². The van der Waals surface area contributed by atoms with Gasteiger partial charge in [0.1, 0.15) is 0 Å². The first-order valence-electron chi connectivity index (χ1n) is 9.62. The number of piperidine rings is 1. The van der Waals surface area contributed by atoms with Crippen LogP contribution in [0.3, 0.4) is 0 Å². The maximum absolute atomic E-state index is 5.89. The molecule has 7 heteroatoms. The molecule has 2 aromatic heterocycles. The second-order valence-corrected chi connectivity index (χ2v) is 8.12. The van der Waals surface area contributed by atoms with Crippen LogP contribution >= 0.6 is 11.8 Å². The van der Waals surface area contributed by atoms with Crippen molar-refractivity contribution in [3.05, 3.63) is 66.3 Å². The molecule has 1 saturated heterocycles. The van der Waals surface area contributed by atoms with Gasteiger partial charge >= 0.3 is 6.01 Å². The molecule has 0 aliphatic carbocycles. The molecule has 146 valence electrons. The minimum absolute atomic E-state index is 0.584. The molecule has 1 fully saturated rings. The normalized spacial score (nSPS) is 15.3. The van der Waals surface area contributed by atoms with Crippen molar-refractivity contribution in [3.8, 4) is 0 Å². The summed E-state index contributed by atoms with van der Waals surface area (Å²) in [6.45, 7) is 2.88. The molecule has 3 aromatic rings. The average Bonchev–Trinajstić information content (AvgIpc) is 3.23. The fourth-order valence-corrected chi connectivity index (χ4v) is 4.23. The maximum atomic E-state index is 5.89. The molecule has 0 unspecified atom stereocenters. The molecule has 1 aliphatic heterocycles. The number of benzene rings is 1. The SMILES string of the molecule is CN(Cc1ccccc1)C1CCN(c2nnc(CSc3ccncc3)o2)CC1. The van der Waals surface area contributed by atoms with Gasteiger partial charge < -0.3 is 9.32 Å². The van der Waals surface area contributed by atoms with Crippen LogP contribution in [-0.2, 0) is 12.3 Å². The first kappa shape index (κ1) is 19.0. The summed E-state index contributed by atoms with van der Waals surface area (Å²) in [5.74, 6) is 1.34. The number of aromatic nitrogens is 3. The highest BCUT2D eigenvalue weighted by Crippen LogP contribution is 2.25. The topological polar surface area (TPSA) is 58.3 Å². The van der Waals surface area contributed by atoms with E-state index in [0.717, 1.165) is 37.4 Å². The van der Waals surface area contributed by atoms with Gasteiger partial charge in [-0.05, 0) is 37.6 Å².